The van der Waals surface area contributed by atoms with Crippen molar-refractivity contribution in [1.82, 2.24) is 10.2 Å². The summed E-state index contributed by atoms with van der Waals surface area (Å²) < 4.78 is 10.0. The molecule has 0 saturated carbocycles. The monoisotopic (exact) mass is 274 g/mol. The van der Waals surface area contributed by atoms with Crippen molar-refractivity contribution < 1.29 is 19.4 Å². The van der Waals surface area contributed by atoms with Gasteiger partial charge in [0.2, 0.25) is 0 Å². The largest absolute Gasteiger partial charge is 0.468 e. The fourth-order valence-corrected chi connectivity index (χ4v) is 2.13. The second-order valence-electron chi connectivity index (χ2n) is 5.22. The summed E-state index contributed by atoms with van der Waals surface area (Å²) in [6.07, 6.45) is -0.496. The summed E-state index contributed by atoms with van der Waals surface area (Å²) in [4.78, 5) is 13.7. The van der Waals surface area contributed by atoms with E-state index in [0.717, 1.165) is 26.3 Å². The van der Waals surface area contributed by atoms with Crippen molar-refractivity contribution in [3.8, 4) is 0 Å². The van der Waals surface area contributed by atoms with Crippen LogP contribution in [0.5, 0.6) is 0 Å². The average molecular weight is 274 g/mol. The molecular weight excluding hydrogens is 248 g/mol. The predicted molar refractivity (Wildman–Crippen MR) is 71.9 cm³/mol. The minimum atomic E-state index is -0.496. The van der Waals surface area contributed by atoms with E-state index in [0.29, 0.717) is 13.1 Å². The van der Waals surface area contributed by atoms with Gasteiger partial charge in [0.15, 0.2) is 0 Å². The first kappa shape index (κ1) is 16.4. The third-order valence-electron chi connectivity index (χ3n) is 3.27. The third kappa shape index (κ3) is 5.86. The fraction of sp³-hybridized carbons (Fsp3) is 0.923. The first-order chi connectivity index (χ1) is 9.04. The lowest BCUT2D eigenvalue weighted by Gasteiger charge is -2.29. The highest BCUT2D eigenvalue weighted by molar-refractivity contribution is 5.75. The third-order valence-corrected chi connectivity index (χ3v) is 3.27. The first-order valence-electron chi connectivity index (χ1n) is 6.84. The Hall–Kier alpha value is -0.690. The van der Waals surface area contributed by atoms with Crippen LogP contribution < -0.4 is 5.32 Å². The maximum Gasteiger partial charge on any atom is 0.323 e. The number of hydrogen-bond acceptors (Lipinski definition) is 6. The number of carbonyl (C=O) groups excluding carboxylic acids is 1. The van der Waals surface area contributed by atoms with Crippen LogP contribution in [0.4, 0.5) is 0 Å². The van der Waals surface area contributed by atoms with Gasteiger partial charge >= 0.3 is 5.97 Å². The molecule has 0 bridgehead atoms. The van der Waals surface area contributed by atoms with Gasteiger partial charge in [-0.1, -0.05) is 13.8 Å². The molecule has 6 nitrogen and oxygen atoms in total. The van der Waals surface area contributed by atoms with Crippen LogP contribution >= 0.6 is 0 Å². The van der Waals surface area contributed by atoms with Gasteiger partial charge in [-0.3, -0.25) is 9.69 Å². The fourth-order valence-electron chi connectivity index (χ4n) is 2.13. The second kappa shape index (κ2) is 8.47. The molecule has 1 aliphatic heterocycles. The van der Waals surface area contributed by atoms with Crippen molar-refractivity contribution in [1.29, 1.82) is 0 Å². The van der Waals surface area contributed by atoms with Gasteiger partial charge in [0.05, 0.1) is 26.4 Å². The Labute approximate surface area is 115 Å². The van der Waals surface area contributed by atoms with Gasteiger partial charge in [-0.2, -0.15) is 0 Å². The quantitative estimate of drug-likeness (QED) is 0.608. The number of aliphatic hydroxyl groups excluding tert-OH is 1. The number of β-amino-alcohol motifs (C(OH)–C–C–N with tert-alkyl or cyclic N) is 1. The summed E-state index contributed by atoms with van der Waals surface area (Å²) in [7, 11) is 1.38. The molecule has 2 N–H and O–H groups in total. The molecule has 0 aromatic carbocycles. The summed E-state index contributed by atoms with van der Waals surface area (Å²) in [6, 6.07) is -0.371. The number of rotatable bonds is 7. The number of ether oxygens (including phenoxy) is 2. The predicted octanol–water partition coefficient (Wildman–Crippen LogP) is -0.533. The van der Waals surface area contributed by atoms with E-state index in [9.17, 15) is 9.90 Å². The van der Waals surface area contributed by atoms with Gasteiger partial charge in [-0.05, 0) is 5.92 Å². The summed E-state index contributed by atoms with van der Waals surface area (Å²) in [6.45, 7) is 8.01. The minimum Gasteiger partial charge on any atom is -0.468 e. The number of aliphatic hydroxyl groups is 1. The molecule has 2 atom stereocenters. The van der Waals surface area contributed by atoms with Crippen LogP contribution in [0.1, 0.15) is 13.8 Å². The zero-order valence-corrected chi connectivity index (χ0v) is 12.1. The SMILES string of the molecule is COC(=O)C(NCC(O)CN1CCOCC1)C(C)C. The van der Waals surface area contributed by atoms with Crippen molar-refractivity contribution in [2.45, 2.75) is 26.0 Å². The van der Waals surface area contributed by atoms with E-state index in [1.807, 2.05) is 13.8 Å². The molecule has 1 aliphatic rings. The lowest BCUT2D eigenvalue weighted by molar-refractivity contribution is -0.144. The molecule has 0 amide bonds. The molecule has 1 rings (SSSR count). The average Bonchev–Trinajstić information content (AvgIpc) is 2.39. The molecule has 1 fully saturated rings. The molecule has 0 radical (unpaired) electrons. The summed E-state index contributed by atoms with van der Waals surface area (Å²) in [5.41, 5.74) is 0. The van der Waals surface area contributed by atoms with Crippen molar-refractivity contribution in [3.05, 3.63) is 0 Å². The number of nitrogens with one attached hydrogen (secondary N) is 1. The molecule has 0 aliphatic carbocycles. The highest BCUT2D eigenvalue weighted by Crippen LogP contribution is 2.04. The van der Waals surface area contributed by atoms with Crippen LogP contribution in [0.15, 0.2) is 0 Å². The number of methoxy groups -OCH3 is 1. The zero-order chi connectivity index (χ0) is 14.3. The number of morpholine rings is 1. The van der Waals surface area contributed by atoms with Gasteiger partial charge in [-0.15, -0.1) is 0 Å². The topological polar surface area (TPSA) is 71.0 Å². The number of nitrogens with zero attached hydrogens (tertiary/aromatic N) is 1. The van der Waals surface area contributed by atoms with Crippen LogP contribution in [-0.4, -0.2) is 74.6 Å². The normalized spacial score (nSPS) is 20.3. The maximum absolute atomic E-state index is 11.6. The second-order valence-corrected chi connectivity index (χ2v) is 5.22. The molecule has 19 heavy (non-hydrogen) atoms. The van der Waals surface area contributed by atoms with E-state index in [-0.39, 0.29) is 17.9 Å². The number of hydrogen-bond donors (Lipinski definition) is 2. The van der Waals surface area contributed by atoms with E-state index in [1.165, 1.54) is 7.11 Å². The van der Waals surface area contributed by atoms with Crippen LogP contribution in [-0.2, 0) is 14.3 Å². The zero-order valence-electron chi connectivity index (χ0n) is 12.1. The van der Waals surface area contributed by atoms with Crippen LogP contribution in [0.3, 0.4) is 0 Å². The van der Waals surface area contributed by atoms with Gasteiger partial charge in [0.1, 0.15) is 6.04 Å². The van der Waals surface area contributed by atoms with Crippen molar-refractivity contribution >= 4 is 5.97 Å². The lowest BCUT2D eigenvalue weighted by atomic mass is 10.0. The number of carbonyl (C=O) groups is 1. The molecule has 1 heterocycles. The Morgan fingerprint density at radius 2 is 2.05 bits per heavy atom. The summed E-state index contributed by atoms with van der Waals surface area (Å²) in [5, 5.41) is 13.1. The highest BCUT2D eigenvalue weighted by atomic mass is 16.5. The summed E-state index contributed by atoms with van der Waals surface area (Å²) >= 11 is 0. The van der Waals surface area contributed by atoms with E-state index in [4.69, 9.17) is 9.47 Å². The summed E-state index contributed by atoms with van der Waals surface area (Å²) in [5.74, 6) is -0.156. The Morgan fingerprint density at radius 3 is 2.58 bits per heavy atom. The van der Waals surface area contributed by atoms with Crippen molar-refractivity contribution in [3.63, 3.8) is 0 Å². The molecular formula is C13H26N2O4. The van der Waals surface area contributed by atoms with E-state index >= 15 is 0 Å². The maximum atomic E-state index is 11.6. The van der Waals surface area contributed by atoms with Gasteiger partial charge < -0.3 is 19.9 Å². The van der Waals surface area contributed by atoms with E-state index in [1.54, 1.807) is 0 Å². The molecule has 0 aromatic heterocycles. The van der Waals surface area contributed by atoms with E-state index < -0.39 is 6.10 Å². The Bertz CT molecular complexity index is 267. The Balaban J connectivity index is 2.30. The highest BCUT2D eigenvalue weighted by Gasteiger charge is 2.23. The van der Waals surface area contributed by atoms with Crippen LogP contribution in [0, 0.1) is 5.92 Å². The molecule has 0 spiro atoms. The van der Waals surface area contributed by atoms with Gasteiger partial charge in [0, 0.05) is 26.2 Å². The van der Waals surface area contributed by atoms with Crippen LogP contribution in [0.25, 0.3) is 0 Å². The molecule has 6 heteroatoms. The van der Waals surface area contributed by atoms with Crippen molar-refractivity contribution in [2.75, 3.05) is 46.5 Å². The van der Waals surface area contributed by atoms with Gasteiger partial charge in [-0.25, -0.2) is 0 Å². The van der Waals surface area contributed by atoms with Gasteiger partial charge in [0.25, 0.3) is 0 Å². The number of esters is 1. The minimum absolute atomic E-state index is 0.128. The molecule has 112 valence electrons. The molecule has 2 unspecified atom stereocenters. The van der Waals surface area contributed by atoms with Crippen LogP contribution in [0.2, 0.25) is 0 Å². The lowest BCUT2D eigenvalue weighted by Crippen LogP contribution is -2.48. The smallest absolute Gasteiger partial charge is 0.323 e. The standard InChI is InChI=1S/C13H26N2O4/c1-10(2)12(13(17)18-3)14-8-11(16)9-15-4-6-19-7-5-15/h10-12,14,16H,4-9H2,1-3H3. The Kier molecular flexibility index (Phi) is 7.30. The van der Waals surface area contributed by atoms with E-state index in [2.05, 4.69) is 10.2 Å². The molecule has 0 aromatic rings. The Morgan fingerprint density at radius 1 is 1.42 bits per heavy atom. The first-order valence-corrected chi connectivity index (χ1v) is 6.84. The van der Waals surface area contributed by atoms with Crippen molar-refractivity contribution in [2.24, 2.45) is 5.92 Å². The molecule has 1 saturated heterocycles.